The van der Waals surface area contributed by atoms with Gasteiger partial charge >= 0.3 is 0 Å². The number of piperidine rings is 1. The second-order valence-corrected chi connectivity index (χ2v) is 8.73. The lowest BCUT2D eigenvalue weighted by Crippen LogP contribution is -2.44. The van der Waals surface area contributed by atoms with Crippen molar-refractivity contribution in [3.05, 3.63) is 29.8 Å². The van der Waals surface area contributed by atoms with Crippen molar-refractivity contribution in [2.75, 3.05) is 13.1 Å². The van der Waals surface area contributed by atoms with Crippen LogP contribution in [0.5, 0.6) is 0 Å². The summed E-state index contributed by atoms with van der Waals surface area (Å²) >= 11 is 3.39. The molecule has 3 nitrogen and oxygen atoms in total. The predicted molar refractivity (Wildman–Crippen MR) is 87.9 cm³/mol. The van der Waals surface area contributed by atoms with E-state index in [4.69, 9.17) is 0 Å². The molecule has 116 valence electrons. The van der Waals surface area contributed by atoms with E-state index in [0.29, 0.717) is 23.9 Å². The van der Waals surface area contributed by atoms with Gasteiger partial charge in [-0.15, -0.1) is 0 Å². The number of sulfonamides is 1. The molecule has 3 rings (SSSR count). The van der Waals surface area contributed by atoms with E-state index in [9.17, 15) is 8.42 Å². The molecule has 0 spiro atoms. The number of hydrogen-bond acceptors (Lipinski definition) is 2. The van der Waals surface area contributed by atoms with Crippen LogP contribution in [-0.2, 0) is 15.4 Å². The minimum atomic E-state index is -3.32. The standard InChI is InChI=1S/C16H22BrNO2S/c17-11-13-5-7-16(8-6-13)21(19,20)18-10-9-14-3-1-2-4-15(14)12-18/h5-8,14-15H,1-4,9-12H2. The number of rotatable bonds is 3. The summed E-state index contributed by atoms with van der Waals surface area (Å²) in [4.78, 5) is 0.432. The Morgan fingerprint density at radius 3 is 2.38 bits per heavy atom. The first-order chi connectivity index (χ1) is 10.1. The van der Waals surface area contributed by atoms with E-state index in [-0.39, 0.29) is 0 Å². The van der Waals surface area contributed by atoms with Crippen LogP contribution in [0.2, 0.25) is 0 Å². The minimum Gasteiger partial charge on any atom is -0.207 e. The molecule has 0 radical (unpaired) electrons. The highest BCUT2D eigenvalue weighted by molar-refractivity contribution is 9.08. The van der Waals surface area contributed by atoms with Crippen LogP contribution in [0.15, 0.2) is 29.2 Å². The summed E-state index contributed by atoms with van der Waals surface area (Å²) in [6, 6.07) is 7.24. The van der Waals surface area contributed by atoms with E-state index < -0.39 is 10.0 Å². The van der Waals surface area contributed by atoms with E-state index in [1.807, 2.05) is 12.1 Å². The molecule has 1 saturated carbocycles. The SMILES string of the molecule is O=S(=O)(c1ccc(CBr)cc1)N1CCC2CCCCC2C1. The van der Waals surface area contributed by atoms with Crippen LogP contribution in [0.25, 0.3) is 0 Å². The van der Waals surface area contributed by atoms with Gasteiger partial charge in [0.2, 0.25) is 10.0 Å². The molecule has 1 saturated heterocycles. The summed E-state index contributed by atoms with van der Waals surface area (Å²) in [5.41, 5.74) is 1.10. The van der Waals surface area contributed by atoms with Crippen LogP contribution in [-0.4, -0.2) is 25.8 Å². The van der Waals surface area contributed by atoms with Crippen LogP contribution in [0.1, 0.15) is 37.7 Å². The molecule has 2 fully saturated rings. The third-order valence-corrected chi connectivity index (χ3v) is 7.50. The average Bonchev–Trinajstić information content (AvgIpc) is 2.54. The second kappa shape index (κ2) is 6.39. The fraction of sp³-hybridized carbons (Fsp3) is 0.625. The number of hydrogen-bond donors (Lipinski definition) is 0. The lowest BCUT2D eigenvalue weighted by Gasteiger charge is -2.40. The Balaban J connectivity index is 1.78. The number of benzene rings is 1. The monoisotopic (exact) mass is 371 g/mol. The molecule has 0 aromatic heterocycles. The first-order valence-electron chi connectivity index (χ1n) is 7.76. The van der Waals surface area contributed by atoms with E-state index in [0.717, 1.165) is 23.2 Å². The summed E-state index contributed by atoms with van der Waals surface area (Å²) in [7, 11) is -3.32. The zero-order valence-electron chi connectivity index (χ0n) is 12.2. The Bertz CT molecular complexity index is 585. The van der Waals surface area contributed by atoms with E-state index in [1.165, 1.54) is 25.7 Å². The molecular weight excluding hydrogens is 350 g/mol. The van der Waals surface area contributed by atoms with Crippen molar-refractivity contribution in [2.45, 2.75) is 42.3 Å². The van der Waals surface area contributed by atoms with E-state index in [2.05, 4.69) is 15.9 Å². The first kappa shape index (κ1) is 15.5. The van der Waals surface area contributed by atoms with E-state index >= 15 is 0 Å². The average molecular weight is 372 g/mol. The molecule has 1 heterocycles. The summed E-state index contributed by atoms with van der Waals surface area (Å²) in [5.74, 6) is 1.32. The number of fused-ring (bicyclic) bond motifs is 1. The third-order valence-electron chi connectivity index (χ3n) is 4.97. The maximum absolute atomic E-state index is 12.8. The summed E-state index contributed by atoms with van der Waals surface area (Å²) in [6.07, 6.45) is 6.10. The van der Waals surface area contributed by atoms with Gasteiger partial charge in [0, 0.05) is 18.4 Å². The van der Waals surface area contributed by atoms with Crippen molar-refractivity contribution in [3.63, 3.8) is 0 Å². The Kier molecular flexibility index (Phi) is 4.71. The van der Waals surface area contributed by atoms with Gasteiger partial charge in [0.25, 0.3) is 0 Å². The molecule has 2 aliphatic rings. The number of alkyl halides is 1. The maximum Gasteiger partial charge on any atom is 0.243 e. The largest absolute Gasteiger partial charge is 0.243 e. The molecule has 5 heteroatoms. The van der Waals surface area contributed by atoms with Gasteiger partial charge in [-0.1, -0.05) is 47.3 Å². The molecular formula is C16H22BrNO2S. The van der Waals surface area contributed by atoms with Crippen molar-refractivity contribution in [1.82, 2.24) is 4.31 Å². The van der Waals surface area contributed by atoms with Gasteiger partial charge in [0.05, 0.1) is 4.90 Å². The van der Waals surface area contributed by atoms with Crippen LogP contribution in [0, 0.1) is 11.8 Å². The van der Waals surface area contributed by atoms with Gasteiger partial charge in [0.1, 0.15) is 0 Å². The highest BCUT2D eigenvalue weighted by Crippen LogP contribution is 2.37. The van der Waals surface area contributed by atoms with Crippen LogP contribution in [0.4, 0.5) is 0 Å². The maximum atomic E-state index is 12.8. The second-order valence-electron chi connectivity index (χ2n) is 6.23. The Morgan fingerprint density at radius 2 is 1.71 bits per heavy atom. The highest BCUT2D eigenvalue weighted by atomic mass is 79.9. The van der Waals surface area contributed by atoms with Crippen molar-refractivity contribution < 1.29 is 8.42 Å². The molecule has 0 N–H and O–H groups in total. The van der Waals surface area contributed by atoms with Gasteiger partial charge in [0.15, 0.2) is 0 Å². The molecule has 1 aliphatic heterocycles. The summed E-state index contributed by atoms with van der Waals surface area (Å²) < 4.78 is 27.3. The smallest absolute Gasteiger partial charge is 0.207 e. The molecule has 2 unspecified atom stereocenters. The first-order valence-corrected chi connectivity index (χ1v) is 10.3. The summed E-state index contributed by atoms with van der Waals surface area (Å²) in [6.45, 7) is 1.40. The fourth-order valence-corrected chi connectivity index (χ4v) is 5.57. The fourth-order valence-electron chi connectivity index (χ4n) is 3.69. The van der Waals surface area contributed by atoms with Crippen molar-refractivity contribution in [2.24, 2.45) is 11.8 Å². The topological polar surface area (TPSA) is 37.4 Å². The van der Waals surface area contributed by atoms with Crippen LogP contribution < -0.4 is 0 Å². The van der Waals surface area contributed by atoms with Crippen molar-refractivity contribution in [1.29, 1.82) is 0 Å². The van der Waals surface area contributed by atoms with Crippen molar-refractivity contribution in [3.8, 4) is 0 Å². The predicted octanol–water partition coefficient (Wildman–Crippen LogP) is 3.78. The van der Waals surface area contributed by atoms with Gasteiger partial charge in [-0.25, -0.2) is 8.42 Å². The molecule has 2 atom stereocenters. The molecule has 1 aromatic rings. The molecule has 21 heavy (non-hydrogen) atoms. The lowest BCUT2D eigenvalue weighted by molar-refractivity contribution is 0.136. The van der Waals surface area contributed by atoms with Crippen molar-refractivity contribution >= 4 is 26.0 Å². The molecule has 1 aliphatic carbocycles. The Morgan fingerprint density at radius 1 is 1.05 bits per heavy atom. The highest BCUT2D eigenvalue weighted by Gasteiger charge is 2.36. The van der Waals surface area contributed by atoms with E-state index in [1.54, 1.807) is 16.4 Å². The van der Waals surface area contributed by atoms with Gasteiger partial charge in [-0.3, -0.25) is 0 Å². The molecule has 0 bridgehead atoms. The van der Waals surface area contributed by atoms with Gasteiger partial charge in [-0.2, -0.15) is 4.31 Å². The van der Waals surface area contributed by atoms with Gasteiger partial charge < -0.3 is 0 Å². The normalized spacial score (nSPS) is 27.3. The quantitative estimate of drug-likeness (QED) is 0.758. The van der Waals surface area contributed by atoms with Gasteiger partial charge in [-0.05, 0) is 42.4 Å². The third kappa shape index (κ3) is 3.20. The molecule has 1 aromatic carbocycles. The summed E-state index contributed by atoms with van der Waals surface area (Å²) in [5, 5.41) is 0.751. The number of halogens is 1. The lowest BCUT2D eigenvalue weighted by atomic mass is 9.76. The Hall–Kier alpha value is -0.390. The number of nitrogens with zero attached hydrogens (tertiary/aromatic N) is 1. The zero-order chi connectivity index (χ0) is 14.9. The molecule has 0 amide bonds. The Labute approximate surface area is 135 Å². The minimum absolute atomic E-state index is 0.432. The van der Waals surface area contributed by atoms with Crippen LogP contribution >= 0.6 is 15.9 Å². The van der Waals surface area contributed by atoms with Crippen LogP contribution in [0.3, 0.4) is 0 Å². The zero-order valence-corrected chi connectivity index (χ0v) is 14.6.